The molecule has 0 radical (unpaired) electrons. The van der Waals surface area contributed by atoms with Crippen molar-refractivity contribution in [2.24, 2.45) is 5.73 Å². The summed E-state index contributed by atoms with van der Waals surface area (Å²) >= 11 is 5.78. The van der Waals surface area contributed by atoms with Crippen molar-refractivity contribution in [3.63, 3.8) is 0 Å². The number of carbonyl (C=O) groups excluding carboxylic acids is 1. The van der Waals surface area contributed by atoms with Crippen LogP contribution in [0.2, 0.25) is 5.02 Å². The van der Waals surface area contributed by atoms with Gasteiger partial charge in [-0.25, -0.2) is 9.37 Å². The number of halogens is 2. The van der Waals surface area contributed by atoms with Crippen LogP contribution in [0.3, 0.4) is 0 Å². The summed E-state index contributed by atoms with van der Waals surface area (Å²) in [6.07, 6.45) is 1.87. The van der Waals surface area contributed by atoms with Crippen LogP contribution in [0.4, 0.5) is 4.39 Å². The van der Waals surface area contributed by atoms with Crippen molar-refractivity contribution in [2.75, 3.05) is 13.7 Å². The van der Waals surface area contributed by atoms with Crippen LogP contribution in [-0.4, -0.2) is 29.2 Å². The lowest BCUT2D eigenvalue weighted by molar-refractivity contribution is 0.0996. The Morgan fingerprint density at radius 2 is 2.16 bits per heavy atom. The zero-order valence-corrected chi connectivity index (χ0v) is 14.5. The van der Waals surface area contributed by atoms with Gasteiger partial charge < -0.3 is 15.0 Å². The highest BCUT2D eigenvalue weighted by Crippen LogP contribution is 2.33. The molecule has 2 aromatic heterocycles. The molecular formula is C18H17ClFN3O2. The number of nitrogens with zero attached hydrogens (tertiary/aromatic N) is 2. The van der Waals surface area contributed by atoms with Gasteiger partial charge in [0.05, 0.1) is 17.7 Å². The van der Waals surface area contributed by atoms with Crippen LogP contribution in [0.25, 0.3) is 22.2 Å². The van der Waals surface area contributed by atoms with E-state index in [2.05, 4.69) is 4.98 Å². The molecule has 0 aliphatic heterocycles. The molecule has 0 aliphatic rings. The van der Waals surface area contributed by atoms with Crippen LogP contribution in [-0.2, 0) is 4.74 Å². The average Bonchev–Trinajstić information content (AvgIpc) is 2.96. The number of methoxy groups -OCH3 is 1. The summed E-state index contributed by atoms with van der Waals surface area (Å²) in [5.74, 6) is -1.10. The quantitative estimate of drug-likeness (QED) is 0.751. The summed E-state index contributed by atoms with van der Waals surface area (Å²) in [5, 5.41) is 0.851. The summed E-state index contributed by atoms with van der Waals surface area (Å²) in [6, 6.07) is 7.93. The fourth-order valence-electron chi connectivity index (χ4n) is 2.81. The number of aromatic nitrogens is 2. The molecule has 0 saturated heterocycles. The molecule has 1 aromatic carbocycles. The van der Waals surface area contributed by atoms with E-state index in [1.165, 1.54) is 12.1 Å². The Kier molecular flexibility index (Phi) is 4.74. The third-order valence-electron chi connectivity index (χ3n) is 4.04. The van der Waals surface area contributed by atoms with Crippen LogP contribution in [0, 0.1) is 5.82 Å². The standard InChI is InChI=1S/C18H17ClFN3O2/c1-10(9-25-2)23-8-13(11-3-5-14(19)15(20)7-11)12-4-6-16(17(21)24)22-18(12)23/h3-8,10H,9H2,1-2H3,(H2,21,24)/t10-/m1/s1. The summed E-state index contributed by atoms with van der Waals surface area (Å²) in [4.78, 5) is 15.8. The second-order valence-corrected chi connectivity index (χ2v) is 6.22. The molecule has 1 amide bonds. The van der Waals surface area contributed by atoms with E-state index < -0.39 is 11.7 Å². The first-order chi connectivity index (χ1) is 11.9. The normalized spacial score (nSPS) is 12.5. The summed E-state index contributed by atoms with van der Waals surface area (Å²) in [7, 11) is 1.61. The molecule has 0 bridgehead atoms. The minimum Gasteiger partial charge on any atom is -0.383 e. The van der Waals surface area contributed by atoms with E-state index in [9.17, 15) is 9.18 Å². The number of amides is 1. The fourth-order valence-corrected chi connectivity index (χ4v) is 2.93. The largest absolute Gasteiger partial charge is 0.383 e. The van der Waals surface area contributed by atoms with Crippen molar-refractivity contribution < 1.29 is 13.9 Å². The first-order valence-electron chi connectivity index (χ1n) is 7.68. The highest BCUT2D eigenvalue weighted by atomic mass is 35.5. The van der Waals surface area contributed by atoms with E-state index in [0.717, 1.165) is 10.9 Å². The Morgan fingerprint density at radius 3 is 2.80 bits per heavy atom. The van der Waals surface area contributed by atoms with Crippen molar-refractivity contribution in [3.8, 4) is 11.1 Å². The van der Waals surface area contributed by atoms with E-state index in [4.69, 9.17) is 22.1 Å². The number of nitrogens with two attached hydrogens (primary N) is 1. The molecule has 3 rings (SSSR count). The monoisotopic (exact) mass is 361 g/mol. The van der Waals surface area contributed by atoms with Gasteiger partial charge in [0, 0.05) is 24.3 Å². The predicted molar refractivity (Wildman–Crippen MR) is 95.2 cm³/mol. The van der Waals surface area contributed by atoms with E-state index in [1.54, 1.807) is 25.3 Å². The van der Waals surface area contributed by atoms with Gasteiger partial charge in [-0.05, 0) is 36.8 Å². The predicted octanol–water partition coefficient (Wildman–Crippen LogP) is 3.80. The Bertz CT molecular complexity index is 955. The lowest BCUT2D eigenvalue weighted by Crippen LogP contribution is -2.15. The number of rotatable bonds is 5. The fraction of sp³-hybridized carbons (Fsp3) is 0.222. The Balaban J connectivity index is 2.25. The van der Waals surface area contributed by atoms with E-state index in [-0.39, 0.29) is 16.8 Å². The SMILES string of the molecule is COC[C@@H](C)n1cc(-c2ccc(Cl)c(F)c2)c2ccc(C(N)=O)nc21. The number of fused-ring (bicyclic) bond motifs is 1. The molecule has 0 unspecified atom stereocenters. The second-order valence-electron chi connectivity index (χ2n) is 5.82. The van der Waals surface area contributed by atoms with Gasteiger partial charge in [0.15, 0.2) is 0 Å². The van der Waals surface area contributed by atoms with Crippen molar-refractivity contribution in [1.29, 1.82) is 0 Å². The Labute approximate surface area is 149 Å². The molecule has 2 heterocycles. The molecule has 3 aromatic rings. The third-order valence-corrected chi connectivity index (χ3v) is 4.35. The van der Waals surface area contributed by atoms with Crippen molar-refractivity contribution >= 4 is 28.5 Å². The van der Waals surface area contributed by atoms with Gasteiger partial charge in [0.25, 0.3) is 5.91 Å². The first kappa shape index (κ1) is 17.4. The van der Waals surface area contributed by atoms with Gasteiger partial charge in [0.1, 0.15) is 17.2 Å². The average molecular weight is 362 g/mol. The minimum absolute atomic E-state index is 0.0333. The number of benzene rings is 1. The van der Waals surface area contributed by atoms with E-state index in [0.29, 0.717) is 17.8 Å². The van der Waals surface area contributed by atoms with E-state index in [1.807, 2.05) is 17.7 Å². The van der Waals surface area contributed by atoms with Crippen LogP contribution in [0.5, 0.6) is 0 Å². The zero-order chi connectivity index (χ0) is 18.1. The van der Waals surface area contributed by atoms with Crippen LogP contribution in [0.1, 0.15) is 23.5 Å². The molecular weight excluding hydrogens is 345 g/mol. The topological polar surface area (TPSA) is 70.1 Å². The lowest BCUT2D eigenvalue weighted by atomic mass is 10.1. The molecule has 1 atom stereocenters. The molecule has 0 spiro atoms. The van der Waals surface area contributed by atoms with E-state index >= 15 is 0 Å². The number of carbonyl (C=O) groups is 1. The highest BCUT2D eigenvalue weighted by molar-refractivity contribution is 6.30. The van der Waals surface area contributed by atoms with Gasteiger partial charge in [-0.1, -0.05) is 17.7 Å². The summed E-state index contributed by atoms with van der Waals surface area (Å²) < 4.78 is 21.0. The highest BCUT2D eigenvalue weighted by Gasteiger charge is 2.18. The number of pyridine rings is 1. The van der Waals surface area contributed by atoms with Gasteiger partial charge in [-0.3, -0.25) is 4.79 Å². The number of hydrogen-bond donors (Lipinski definition) is 1. The zero-order valence-electron chi connectivity index (χ0n) is 13.8. The maximum atomic E-state index is 13.9. The molecule has 0 saturated carbocycles. The number of primary amides is 1. The maximum absolute atomic E-state index is 13.9. The van der Waals surface area contributed by atoms with Gasteiger partial charge in [0.2, 0.25) is 0 Å². The van der Waals surface area contributed by atoms with Crippen molar-refractivity contribution in [1.82, 2.24) is 9.55 Å². The smallest absolute Gasteiger partial charge is 0.267 e. The second kappa shape index (κ2) is 6.82. The third kappa shape index (κ3) is 3.23. The van der Waals surface area contributed by atoms with Crippen LogP contribution >= 0.6 is 11.6 Å². The van der Waals surface area contributed by atoms with Crippen molar-refractivity contribution in [3.05, 3.63) is 53.1 Å². The number of ether oxygens (including phenoxy) is 1. The first-order valence-corrected chi connectivity index (χ1v) is 8.06. The minimum atomic E-state index is -0.604. The lowest BCUT2D eigenvalue weighted by Gasteiger charge is -2.13. The number of hydrogen-bond acceptors (Lipinski definition) is 3. The Morgan fingerprint density at radius 1 is 1.40 bits per heavy atom. The molecule has 0 aliphatic carbocycles. The molecule has 130 valence electrons. The van der Waals surface area contributed by atoms with Crippen molar-refractivity contribution in [2.45, 2.75) is 13.0 Å². The molecule has 2 N–H and O–H groups in total. The molecule has 5 nitrogen and oxygen atoms in total. The van der Waals surface area contributed by atoms with Gasteiger partial charge >= 0.3 is 0 Å². The van der Waals surface area contributed by atoms with Gasteiger partial charge in [-0.2, -0.15) is 0 Å². The van der Waals surface area contributed by atoms with Crippen LogP contribution < -0.4 is 5.73 Å². The maximum Gasteiger partial charge on any atom is 0.267 e. The molecule has 7 heteroatoms. The van der Waals surface area contributed by atoms with Gasteiger partial charge in [-0.15, -0.1) is 0 Å². The van der Waals surface area contributed by atoms with Crippen LogP contribution in [0.15, 0.2) is 36.5 Å². The molecule has 0 fully saturated rings. The molecule has 25 heavy (non-hydrogen) atoms. The Hall–Kier alpha value is -2.44. The summed E-state index contributed by atoms with van der Waals surface area (Å²) in [5.41, 5.74) is 7.56. The summed E-state index contributed by atoms with van der Waals surface area (Å²) in [6.45, 7) is 2.43.